The monoisotopic (exact) mass is 342 g/mol. The van der Waals surface area contributed by atoms with Crippen molar-refractivity contribution in [3.05, 3.63) is 34.3 Å². The molecule has 104 valence electrons. The van der Waals surface area contributed by atoms with Crippen LogP contribution in [0.25, 0.3) is 0 Å². The van der Waals surface area contributed by atoms with Gasteiger partial charge in [-0.05, 0) is 50.6 Å². The van der Waals surface area contributed by atoms with Gasteiger partial charge in [0.05, 0.1) is 0 Å². The molecule has 0 bridgehead atoms. The summed E-state index contributed by atoms with van der Waals surface area (Å²) in [5.41, 5.74) is 3.99. The van der Waals surface area contributed by atoms with Crippen molar-refractivity contribution >= 4 is 24.7 Å². The molecule has 0 aliphatic rings. The van der Waals surface area contributed by atoms with Gasteiger partial charge in [-0.3, -0.25) is 0 Å². The van der Waals surface area contributed by atoms with Crippen molar-refractivity contribution in [2.75, 3.05) is 19.8 Å². The highest BCUT2D eigenvalue weighted by Gasteiger charge is 2.39. The maximum Gasteiger partial charge on any atom is 0.591 e. The third kappa shape index (κ3) is 5.47. The fraction of sp³-hybridized carbons (Fsp3) is 0.429. The van der Waals surface area contributed by atoms with Crippen LogP contribution < -0.4 is 0 Å². The minimum absolute atomic E-state index is 0.529. The predicted molar refractivity (Wildman–Crippen MR) is 81.7 cm³/mol. The van der Waals surface area contributed by atoms with Crippen LogP contribution in [0, 0.1) is 11.5 Å². The Morgan fingerprint density at radius 3 is 1.84 bits per heavy atom. The molecule has 0 radical (unpaired) electrons. The van der Waals surface area contributed by atoms with Gasteiger partial charge in [-0.2, -0.15) is 0 Å². The summed E-state index contributed by atoms with van der Waals surface area (Å²) in [6, 6.07) is 7.80. The summed E-state index contributed by atoms with van der Waals surface area (Å²) in [4.78, 5) is 0. The molecule has 1 aromatic rings. The molecular formula is C14H19BrO3Si. The van der Waals surface area contributed by atoms with E-state index in [-0.39, 0.29) is 0 Å². The fourth-order valence-corrected chi connectivity index (χ4v) is 3.65. The second kappa shape index (κ2) is 8.51. The molecule has 0 aliphatic heterocycles. The summed E-state index contributed by atoms with van der Waals surface area (Å²) in [7, 11) is -2.86. The summed E-state index contributed by atoms with van der Waals surface area (Å²) in [6.45, 7) is 7.34. The van der Waals surface area contributed by atoms with Crippen molar-refractivity contribution in [3.63, 3.8) is 0 Å². The van der Waals surface area contributed by atoms with E-state index >= 15 is 0 Å². The fourth-order valence-electron chi connectivity index (χ4n) is 1.49. The lowest BCUT2D eigenvalue weighted by Gasteiger charge is -2.22. The van der Waals surface area contributed by atoms with Gasteiger partial charge in [0.15, 0.2) is 0 Å². The summed E-state index contributed by atoms with van der Waals surface area (Å²) >= 11 is 3.40. The van der Waals surface area contributed by atoms with E-state index in [4.69, 9.17) is 13.3 Å². The molecule has 3 nitrogen and oxygen atoms in total. The number of hydrogen-bond donors (Lipinski definition) is 0. The normalized spacial score (nSPS) is 10.9. The second-order valence-electron chi connectivity index (χ2n) is 3.61. The predicted octanol–water partition coefficient (Wildman–Crippen LogP) is 3.39. The molecule has 0 unspecified atom stereocenters. The van der Waals surface area contributed by atoms with Crippen molar-refractivity contribution in [2.24, 2.45) is 0 Å². The van der Waals surface area contributed by atoms with Crippen LogP contribution in [0.5, 0.6) is 0 Å². The largest absolute Gasteiger partial charge is 0.591 e. The summed E-state index contributed by atoms with van der Waals surface area (Å²) in [5, 5.41) is 0. The second-order valence-corrected chi connectivity index (χ2v) is 6.76. The first-order valence-electron chi connectivity index (χ1n) is 6.36. The van der Waals surface area contributed by atoms with Gasteiger partial charge in [-0.15, -0.1) is 0 Å². The van der Waals surface area contributed by atoms with Gasteiger partial charge in [-0.25, -0.2) is 0 Å². The molecule has 0 amide bonds. The van der Waals surface area contributed by atoms with E-state index in [0.29, 0.717) is 19.8 Å². The highest BCUT2D eigenvalue weighted by atomic mass is 79.9. The molecule has 0 fully saturated rings. The molecular weight excluding hydrogens is 324 g/mol. The van der Waals surface area contributed by atoms with Crippen LogP contribution in [0.3, 0.4) is 0 Å². The van der Waals surface area contributed by atoms with Gasteiger partial charge >= 0.3 is 8.80 Å². The summed E-state index contributed by atoms with van der Waals surface area (Å²) in [6.07, 6.45) is 0. The average Bonchev–Trinajstić information content (AvgIpc) is 2.39. The van der Waals surface area contributed by atoms with Crippen LogP contribution in [-0.4, -0.2) is 28.6 Å². The summed E-state index contributed by atoms with van der Waals surface area (Å²) in [5.74, 6) is 3.08. The Labute approximate surface area is 124 Å². The summed E-state index contributed by atoms with van der Waals surface area (Å²) < 4.78 is 18.0. The van der Waals surface area contributed by atoms with Gasteiger partial charge in [0.2, 0.25) is 0 Å². The minimum atomic E-state index is -2.86. The Balaban J connectivity index is 2.95. The third-order valence-corrected chi connectivity index (χ3v) is 5.17. The molecule has 1 aromatic carbocycles. The third-order valence-electron chi connectivity index (χ3n) is 2.21. The van der Waals surface area contributed by atoms with Crippen LogP contribution in [-0.2, 0) is 13.3 Å². The zero-order valence-electron chi connectivity index (χ0n) is 11.5. The van der Waals surface area contributed by atoms with Crippen LogP contribution in [0.4, 0.5) is 0 Å². The molecule has 1 rings (SSSR count). The van der Waals surface area contributed by atoms with E-state index < -0.39 is 8.80 Å². The first-order chi connectivity index (χ1) is 9.15. The average molecular weight is 343 g/mol. The maximum atomic E-state index is 5.67. The van der Waals surface area contributed by atoms with E-state index in [1.165, 1.54) is 0 Å². The van der Waals surface area contributed by atoms with Crippen molar-refractivity contribution in [3.8, 4) is 11.5 Å². The first kappa shape index (κ1) is 16.4. The lowest BCUT2D eigenvalue weighted by atomic mass is 10.2. The Hall–Kier alpha value is -0.643. The molecule has 0 saturated heterocycles. The van der Waals surface area contributed by atoms with Crippen LogP contribution in [0.15, 0.2) is 28.7 Å². The van der Waals surface area contributed by atoms with Gasteiger partial charge in [0, 0.05) is 29.9 Å². The lowest BCUT2D eigenvalue weighted by Crippen LogP contribution is -2.45. The molecule has 19 heavy (non-hydrogen) atoms. The Kier molecular flexibility index (Phi) is 7.35. The number of hydrogen-bond acceptors (Lipinski definition) is 3. The smallest absolute Gasteiger partial charge is 0.364 e. The number of rotatable bonds is 6. The Morgan fingerprint density at radius 1 is 0.947 bits per heavy atom. The SMILES string of the molecule is CCO[Si](C#Cc1ccc(Br)cc1)(OCC)OCC. The standard InChI is InChI=1S/C14H19BrO3Si/c1-4-16-19(17-5-2,18-6-3)12-11-13-7-9-14(15)10-8-13/h7-10H,4-6H2,1-3H3. The highest BCUT2D eigenvalue weighted by Crippen LogP contribution is 2.12. The number of halogens is 1. The van der Waals surface area contributed by atoms with E-state index in [2.05, 4.69) is 27.4 Å². The zero-order valence-corrected chi connectivity index (χ0v) is 14.1. The van der Waals surface area contributed by atoms with Gasteiger partial charge in [0.25, 0.3) is 0 Å². The van der Waals surface area contributed by atoms with Gasteiger partial charge in [0.1, 0.15) is 0 Å². The molecule has 0 atom stereocenters. The first-order valence-corrected chi connectivity index (χ1v) is 8.88. The molecule has 0 spiro atoms. The minimum Gasteiger partial charge on any atom is -0.364 e. The van der Waals surface area contributed by atoms with E-state index in [0.717, 1.165) is 10.0 Å². The van der Waals surface area contributed by atoms with E-state index in [1.54, 1.807) is 0 Å². The molecule has 0 aliphatic carbocycles. The van der Waals surface area contributed by atoms with Crippen molar-refractivity contribution in [2.45, 2.75) is 20.8 Å². The van der Waals surface area contributed by atoms with Crippen LogP contribution in [0.2, 0.25) is 0 Å². The van der Waals surface area contributed by atoms with E-state index in [1.807, 2.05) is 45.0 Å². The van der Waals surface area contributed by atoms with Crippen LogP contribution >= 0.6 is 15.9 Å². The highest BCUT2D eigenvalue weighted by molar-refractivity contribution is 9.10. The van der Waals surface area contributed by atoms with E-state index in [9.17, 15) is 0 Å². The number of benzene rings is 1. The molecule has 0 aromatic heterocycles. The Bertz CT molecular complexity index is 419. The molecule has 5 heteroatoms. The lowest BCUT2D eigenvalue weighted by molar-refractivity contribution is 0.0870. The van der Waals surface area contributed by atoms with Crippen molar-refractivity contribution in [1.29, 1.82) is 0 Å². The quantitative estimate of drug-likeness (QED) is 0.585. The van der Waals surface area contributed by atoms with Crippen LogP contribution in [0.1, 0.15) is 26.3 Å². The molecule has 0 heterocycles. The van der Waals surface area contributed by atoms with Gasteiger partial charge in [-0.1, -0.05) is 21.9 Å². The topological polar surface area (TPSA) is 27.7 Å². The van der Waals surface area contributed by atoms with Gasteiger partial charge < -0.3 is 13.3 Å². The molecule has 0 N–H and O–H groups in total. The Morgan fingerprint density at radius 2 is 1.42 bits per heavy atom. The molecule has 0 saturated carbocycles. The van der Waals surface area contributed by atoms with Crippen molar-refractivity contribution < 1.29 is 13.3 Å². The van der Waals surface area contributed by atoms with Crippen molar-refractivity contribution in [1.82, 2.24) is 0 Å². The maximum absolute atomic E-state index is 5.67. The zero-order chi connectivity index (χ0) is 14.1.